The van der Waals surface area contributed by atoms with E-state index in [1.54, 1.807) is 18.9 Å². The fraction of sp³-hybridized carbons (Fsp3) is 0.474. The Bertz CT molecular complexity index is 671. The average molecular weight is 360 g/mol. The summed E-state index contributed by atoms with van der Waals surface area (Å²) in [4.78, 5) is 28.3. The third-order valence-electron chi connectivity index (χ3n) is 4.67. The van der Waals surface area contributed by atoms with Gasteiger partial charge in [0.25, 0.3) is 5.91 Å². The number of amides is 1. The number of thioether (sulfide) groups is 1. The molecule has 25 heavy (non-hydrogen) atoms. The molecule has 0 saturated carbocycles. The fourth-order valence-electron chi connectivity index (χ4n) is 3.44. The van der Waals surface area contributed by atoms with Crippen molar-refractivity contribution >= 4 is 23.6 Å². The molecular weight excluding hydrogens is 336 g/mol. The molecule has 2 saturated heterocycles. The standard InChI is InChI=1S/C19H24N2O3S/c1-3-24-17(22)14-16-20(2)18(23)19(25-16,15-10-6-4-7-11-15)21-12-8-5-9-13-21/h4,6-7,10-11,14H,3,5,8-9,12-13H2,1-2H3/b16-14+. The highest BCUT2D eigenvalue weighted by Gasteiger charge is 2.54. The SMILES string of the molecule is CCOC(=O)/C=C1/SC(c2ccccc2)(N2CCCCC2)C(=O)N1C. The van der Waals surface area contributed by atoms with Crippen LogP contribution in [-0.2, 0) is 19.2 Å². The molecule has 2 heterocycles. The highest BCUT2D eigenvalue weighted by atomic mass is 32.2. The van der Waals surface area contributed by atoms with Gasteiger partial charge in [0, 0.05) is 20.1 Å². The summed E-state index contributed by atoms with van der Waals surface area (Å²) in [6.07, 6.45) is 4.80. The van der Waals surface area contributed by atoms with Crippen LogP contribution in [0.1, 0.15) is 31.7 Å². The van der Waals surface area contributed by atoms with Crippen LogP contribution in [0.15, 0.2) is 41.4 Å². The van der Waals surface area contributed by atoms with Crippen LogP contribution in [0, 0.1) is 0 Å². The Kier molecular flexibility index (Phi) is 5.49. The van der Waals surface area contributed by atoms with Gasteiger partial charge in [-0.25, -0.2) is 4.79 Å². The molecule has 1 atom stereocenters. The number of likely N-dealkylation sites (tertiary alicyclic amines) is 1. The maximum absolute atomic E-state index is 13.3. The highest BCUT2D eigenvalue weighted by Crippen LogP contribution is 2.52. The van der Waals surface area contributed by atoms with E-state index >= 15 is 0 Å². The van der Waals surface area contributed by atoms with Gasteiger partial charge < -0.3 is 9.64 Å². The summed E-state index contributed by atoms with van der Waals surface area (Å²) < 4.78 is 5.03. The van der Waals surface area contributed by atoms with Gasteiger partial charge in [0.05, 0.1) is 17.7 Å². The van der Waals surface area contributed by atoms with E-state index in [1.807, 2.05) is 30.3 Å². The molecule has 3 rings (SSSR count). The zero-order chi connectivity index (χ0) is 17.9. The van der Waals surface area contributed by atoms with Crippen molar-refractivity contribution in [3.63, 3.8) is 0 Å². The van der Waals surface area contributed by atoms with Crippen molar-refractivity contribution in [2.45, 2.75) is 31.1 Å². The van der Waals surface area contributed by atoms with Crippen LogP contribution in [-0.4, -0.2) is 48.4 Å². The zero-order valence-electron chi connectivity index (χ0n) is 14.7. The number of benzene rings is 1. The molecule has 0 spiro atoms. The van der Waals surface area contributed by atoms with Crippen molar-refractivity contribution in [1.82, 2.24) is 9.80 Å². The zero-order valence-corrected chi connectivity index (χ0v) is 15.6. The molecule has 1 amide bonds. The minimum Gasteiger partial charge on any atom is -0.463 e. The largest absolute Gasteiger partial charge is 0.463 e. The summed E-state index contributed by atoms with van der Waals surface area (Å²) in [7, 11) is 1.73. The molecule has 0 radical (unpaired) electrons. The van der Waals surface area contributed by atoms with E-state index in [0.29, 0.717) is 11.6 Å². The quantitative estimate of drug-likeness (QED) is 0.610. The van der Waals surface area contributed by atoms with E-state index in [2.05, 4.69) is 4.90 Å². The lowest BCUT2D eigenvalue weighted by atomic mass is 10.00. The normalized spacial score (nSPS) is 26.2. The summed E-state index contributed by atoms with van der Waals surface area (Å²) in [5.74, 6) is -0.409. The van der Waals surface area contributed by atoms with E-state index < -0.39 is 10.8 Å². The van der Waals surface area contributed by atoms with Crippen molar-refractivity contribution in [1.29, 1.82) is 0 Å². The highest BCUT2D eigenvalue weighted by molar-refractivity contribution is 8.05. The van der Waals surface area contributed by atoms with E-state index in [-0.39, 0.29) is 5.91 Å². The third-order valence-corrected chi connectivity index (χ3v) is 6.24. The van der Waals surface area contributed by atoms with E-state index in [1.165, 1.54) is 24.3 Å². The van der Waals surface area contributed by atoms with Crippen LogP contribution in [0.25, 0.3) is 0 Å². The van der Waals surface area contributed by atoms with E-state index in [9.17, 15) is 9.59 Å². The van der Waals surface area contributed by atoms with Gasteiger partial charge in [-0.15, -0.1) is 0 Å². The van der Waals surface area contributed by atoms with Crippen LogP contribution in [0.5, 0.6) is 0 Å². The van der Waals surface area contributed by atoms with Gasteiger partial charge in [0.2, 0.25) is 0 Å². The van der Waals surface area contributed by atoms with Crippen LogP contribution in [0.4, 0.5) is 0 Å². The van der Waals surface area contributed by atoms with E-state index in [4.69, 9.17) is 4.74 Å². The van der Waals surface area contributed by atoms with Gasteiger partial charge in [-0.1, -0.05) is 48.5 Å². The summed E-state index contributed by atoms with van der Waals surface area (Å²) >= 11 is 1.45. The van der Waals surface area contributed by atoms with Crippen molar-refractivity contribution in [2.24, 2.45) is 0 Å². The first kappa shape index (κ1) is 18.0. The van der Waals surface area contributed by atoms with Gasteiger partial charge >= 0.3 is 5.97 Å². The predicted molar refractivity (Wildman–Crippen MR) is 98.6 cm³/mol. The summed E-state index contributed by atoms with van der Waals surface area (Å²) in [6.45, 7) is 3.86. The number of esters is 1. The Labute approximate surface area is 153 Å². The number of hydrogen-bond acceptors (Lipinski definition) is 5. The molecule has 5 nitrogen and oxygen atoms in total. The second-order valence-corrected chi connectivity index (χ2v) is 7.47. The molecule has 134 valence electrons. The number of rotatable bonds is 4. The lowest BCUT2D eigenvalue weighted by molar-refractivity contribution is -0.137. The van der Waals surface area contributed by atoms with Gasteiger partial charge in [-0.2, -0.15) is 0 Å². The molecule has 0 bridgehead atoms. The monoisotopic (exact) mass is 360 g/mol. The Hall–Kier alpha value is -1.79. The Morgan fingerprint density at radius 1 is 1.24 bits per heavy atom. The molecule has 2 aliphatic rings. The Morgan fingerprint density at radius 3 is 2.56 bits per heavy atom. The number of nitrogens with zero attached hydrogens (tertiary/aromatic N) is 2. The van der Waals surface area contributed by atoms with Gasteiger partial charge in [-0.05, 0) is 25.3 Å². The Morgan fingerprint density at radius 2 is 1.92 bits per heavy atom. The summed E-state index contributed by atoms with van der Waals surface area (Å²) in [6, 6.07) is 9.88. The second kappa shape index (κ2) is 7.62. The molecule has 2 aliphatic heterocycles. The number of carbonyl (C=O) groups is 2. The minimum atomic E-state index is -0.797. The summed E-state index contributed by atoms with van der Waals surface area (Å²) in [5.41, 5.74) is 0.964. The first-order chi connectivity index (χ1) is 12.1. The van der Waals surface area contributed by atoms with E-state index in [0.717, 1.165) is 31.5 Å². The smallest absolute Gasteiger partial charge is 0.333 e. The lowest BCUT2D eigenvalue weighted by Gasteiger charge is -2.40. The van der Waals surface area contributed by atoms with Crippen molar-refractivity contribution in [2.75, 3.05) is 26.7 Å². The van der Waals surface area contributed by atoms with Crippen LogP contribution >= 0.6 is 11.8 Å². The molecule has 1 unspecified atom stereocenters. The average Bonchev–Trinajstić information content (AvgIpc) is 2.89. The minimum absolute atomic E-state index is 0.00106. The number of carbonyl (C=O) groups excluding carboxylic acids is 2. The number of ether oxygens (including phenoxy) is 1. The molecular formula is C19H24N2O3S. The van der Waals surface area contributed by atoms with Crippen LogP contribution in [0.3, 0.4) is 0 Å². The topological polar surface area (TPSA) is 49.9 Å². The molecule has 1 aromatic carbocycles. The number of likely N-dealkylation sites (N-methyl/N-ethyl adjacent to an activating group) is 1. The predicted octanol–water partition coefficient (Wildman–Crippen LogP) is 2.94. The Balaban J connectivity index is 2.03. The van der Waals surface area contributed by atoms with Crippen LogP contribution < -0.4 is 0 Å². The summed E-state index contributed by atoms with van der Waals surface area (Å²) in [5, 5.41) is 0.637. The number of hydrogen-bond donors (Lipinski definition) is 0. The first-order valence-electron chi connectivity index (χ1n) is 8.75. The molecule has 6 heteroatoms. The van der Waals surface area contributed by atoms with Crippen molar-refractivity contribution in [3.8, 4) is 0 Å². The third kappa shape index (κ3) is 3.33. The lowest BCUT2D eigenvalue weighted by Crippen LogP contribution is -2.51. The van der Waals surface area contributed by atoms with Crippen molar-refractivity contribution in [3.05, 3.63) is 47.0 Å². The molecule has 0 aliphatic carbocycles. The van der Waals surface area contributed by atoms with Gasteiger partial charge in [0.1, 0.15) is 0 Å². The van der Waals surface area contributed by atoms with Crippen LogP contribution in [0.2, 0.25) is 0 Å². The second-order valence-electron chi connectivity index (χ2n) is 6.26. The maximum atomic E-state index is 13.3. The molecule has 0 aromatic heterocycles. The van der Waals surface area contributed by atoms with Crippen molar-refractivity contribution < 1.29 is 14.3 Å². The molecule has 1 aromatic rings. The van der Waals surface area contributed by atoms with Gasteiger partial charge in [0.15, 0.2) is 4.87 Å². The molecule has 0 N–H and O–H groups in total. The maximum Gasteiger partial charge on any atom is 0.333 e. The first-order valence-corrected chi connectivity index (χ1v) is 9.57. The fourth-order valence-corrected chi connectivity index (χ4v) is 4.91. The van der Waals surface area contributed by atoms with Gasteiger partial charge in [-0.3, -0.25) is 9.69 Å². The molecule has 2 fully saturated rings. The number of piperidine rings is 1.